The number of hydrogen-bond donors (Lipinski definition) is 1. The van der Waals surface area contributed by atoms with E-state index in [0.29, 0.717) is 18.3 Å². The molecule has 1 aromatic heterocycles. The molecule has 1 aliphatic heterocycles. The first-order valence-corrected chi connectivity index (χ1v) is 9.66. The number of nitrogens with zero attached hydrogens (tertiary/aromatic N) is 3. The lowest BCUT2D eigenvalue weighted by atomic mass is 10.0. The number of nitrogens with one attached hydrogen (secondary N) is 1. The fourth-order valence-electron chi connectivity index (χ4n) is 3.58. The molecule has 0 unspecified atom stereocenters. The number of rotatable bonds is 3. The Kier molecular flexibility index (Phi) is 5.10. The highest BCUT2D eigenvalue weighted by atomic mass is 16.5. The fourth-order valence-corrected chi connectivity index (χ4v) is 3.58. The molecule has 0 saturated carbocycles. The number of anilines is 1. The Labute approximate surface area is 164 Å². The highest BCUT2D eigenvalue weighted by Gasteiger charge is 2.32. The number of aromatic nitrogens is 2. The van der Waals surface area contributed by atoms with Gasteiger partial charge in [0.25, 0.3) is 0 Å². The minimum atomic E-state index is -0.205. The van der Waals surface area contributed by atoms with Gasteiger partial charge < -0.3 is 14.7 Å². The molecule has 6 nitrogen and oxygen atoms in total. The van der Waals surface area contributed by atoms with Gasteiger partial charge in [-0.1, -0.05) is 47.6 Å². The molecule has 2 aromatic carbocycles. The Hall–Kier alpha value is -3.15. The number of hydrogen-bond acceptors (Lipinski definition) is 4. The molecule has 1 aliphatic rings. The molecule has 2 heterocycles. The van der Waals surface area contributed by atoms with E-state index in [1.165, 1.54) is 0 Å². The van der Waals surface area contributed by atoms with Crippen LogP contribution in [-0.4, -0.2) is 27.6 Å². The van der Waals surface area contributed by atoms with Gasteiger partial charge in [0.05, 0.1) is 0 Å². The van der Waals surface area contributed by atoms with Crippen LogP contribution in [-0.2, 0) is 0 Å². The largest absolute Gasteiger partial charge is 0.337 e. The Bertz CT molecular complexity index is 968. The molecule has 28 heavy (non-hydrogen) atoms. The van der Waals surface area contributed by atoms with Crippen molar-refractivity contribution in [2.45, 2.75) is 39.2 Å². The van der Waals surface area contributed by atoms with Crippen LogP contribution in [0.25, 0.3) is 11.4 Å². The summed E-state index contributed by atoms with van der Waals surface area (Å²) in [5, 5.41) is 7.18. The molecule has 3 aromatic rings. The van der Waals surface area contributed by atoms with E-state index in [1.807, 2.05) is 67.3 Å². The quantitative estimate of drug-likeness (QED) is 0.689. The second-order valence-corrected chi connectivity index (χ2v) is 7.20. The van der Waals surface area contributed by atoms with E-state index in [-0.39, 0.29) is 12.1 Å². The van der Waals surface area contributed by atoms with Crippen molar-refractivity contribution < 1.29 is 9.32 Å². The van der Waals surface area contributed by atoms with Crippen LogP contribution in [0.15, 0.2) is 53.1 Å². The van der Waals surface area contributed by atoms with Crippen LogP contribution in [0, 0.1) is 13.8 Å². The summed E-state index contributed by atoms with van der Waals surface area (Å²) in [6, 6.07) is 15.3. The molecule has 4 rings (SSSR count). The first-order chi connectivity index (χ1) is 13.6. The summed E-state index contributed by atoms with van der Waals surface area (Å²) in [6.07, 6.45) is 2.81. The lowest BCUT2D eigenvalue weighted by Crippen LogP contribution is -2.41. The summed E-state index contributed by atoms with van der Waals surface area (Å²) in [5.74, 6) is 1.05. The Morgan fingerprint density at radius 1 is 1.11 bits per heavy atom. The molecule has 1 saturated heterocycles. The zero-order valence-electron chi connectivity index (χ0n) is 16.2. The Morgan fingerprint density at radius 3 is 2.75 bits per heavy atom. The lowest BCUT2D eigenvalue weighted by molar-refractivity contribution is 0.142. The van der Waals surface area contributed by atoms with Gasteiger partial charge >= 0.3 is 6.03 Å². The van der Waals surface area contributed by atoms with Crippen LogP contribution < -0.4 is 5.32 Å². The minimum absolute atomic E-state index is 0.127. The van der Waals surface area contributed by atoms with E-state index in [4.69, 9.17) is 4.52 Å². The van der Waals surface area contributed by atoms with Gasteiger partial charge in [-0.3, -0.25) is 0 Å². The summed E-state index contributed by atoms with van der Waals surface area (Å²) in [4.78, 5) is 19.4. The van der Waals surface area contributed by atoms with Crippen molar-refractivity contribution in [3.63, 3.8) is 0 Å². The maximum Gasteiger partial charge on any atom is 0.322 e. The molecular formula is C22H24N4O2. The van der Waals surface area contributed by atoms with E-state index < -0.39 is 0 Å². The van der Waals surface area contributed by atoms with Gasteiger partial charge in [0.15, 0.2) is 0 Å². The molecule has 0 radical (unpaired) electrons. The molecule has 0 bridgehead atoms. The van der Waals surface area contributed by atoms with Gasteiger partial charge in [-0.15, -0.1) is 0 Å². The molecule has 0 aliphatic carbocycles. The van der Waals surface area contributed by atoms with Gasteiger partial charge in [0.1, 0.15) is 6.04 Å². The van der Waals surface area contributed by atoms with Gasteiger partial charge in [-0.2, -0.15) is 4.98 Å². The van der Waals surface area contributed by atoms with E-state index in [0.717, 1.165) is 41.6 Å². The van der Waals surface area contributed by atoms with Crippen molar-refractivity contribution in [3.8, 4) is 11.4 Å². The molecular weight excluding hydrogens is 352 g/mol. The first-order valence-electron chi connectivity index (χ1n) is 9.66. The maximum absolute atomic E-state index is 13.0. The smallest absolute Gasteiger partial charge is 0.322 e. The lowest BCUT2D eigenvalue weighted by Gasteiger charge is -2.33. The summed E-state index contributed by atoms with van der Waals surface area (Å²) in [7, 11) is 0. The molecule has 1 atom stereocenters. The van der Waals surface area contributed by atoms with Crippen molar-refractivity contribution >= 4 is 11.7 Å². The molecule has 1 fully saturated rings. The normalized spacial score (nSPS) is 16.8. The second-order valence-electron chi connectivity index (χ2n) is 7.20. The number of urea groups is 1. The predicted molar refractivity (Wildman–Crippen MR) is 108 cm³/mol. The van der Waals surface area contributed by atoms with E-state index >= 15 is 0 Å². The van der Waals surface area contributed by atoms with Crippen molar-refractivity contribution in [1.29, 1.82) is 0 Å². The first kappa shape index (κ1) is 18.2. The van der Waals surface area contributed by atoms with Crippen LogP contribution in [0.2, 0.25) is 0 Å². The summed E-state index contributed by atoms with van der Waals surface area (Å²) in [5.41, 5.74) is 3.97. The predicted octanol–water partition coefficient (Wildman–Crippen LogP) is 5.11. The average molecular weight is 376 g/mol. The van der Waals surface area contributed by atoms with Crippen molar-refractivity contribution in [3.05, 3.63) is 65.5 Å². The maximum atomic E-state index is 13.0. The van der Waals surface area contributed by atoms with E-state index in [9.17, 15) is 4.79 Å². The number of carbonyl (C=O) groups excluding carboxylic acids is 1. The summed E-state index contributed by atoms with van der Waals surface area (Å²) in [6.45, 7) is 4.73. The molecule has 144 valence electrons. The second kappa shape index (κ2) is 7.84. The van der Waals surface area contributed by atoms with Crippen LogP contribution in [0.4, 0.5) is 10.5 Å². The van der Waals surface area contributed by atoms with E-state index in [1.54, 1.807) is 0 Å². The highest BCUT2D eigenvalue weighted by Crippen LogP contribution is 2.32. The summed E-state index contributed by atoms with van der Waals surface area (Å²) >= 11 is 0. The number of benzene rings is 2. The van der Waals surface area contributed by atoms with Crippen LogP contribution in [0.5, 0.6) is 0 Å². The number of carbonyl (C=O) groups is 1. The standard InChI is InChI=1S/C22H24N4O2/c1-15-9-8-12-18(16(15)2)23-22(27)26-14-7-6-13-19(26)21-24-20(25-28-21)17-10-4-3-5-11-17/h3-5,8-12,19H,6-7,13-14H2,1-2H3,(H,23,27)/t19-/m0/s1. The van der Waals surface area contributed by atoms with Crippen molar-refractivity contribution in [1.82, 2.24) is 15.0 Å². The van der Waals surface area contributed by atoms with Crippen LogP contribution in [0.3, 0.4) is 0 Å². The molecule has 1 N–H and O–H groups in total. The Balaban J connectivity index is 1.56. The number of aryl methyl sites for hydroxylation is 1. The molecule has 6 heteroatoms. The van der Waals surface area contributed by atoms with Gasteiger partial charge in [0, 0.05) is 17.8 Å². The zero-order valence-corrected chi connectivity index (χ0v) is 16.2. The SMILES string of the molecule is Cc1cccc(NC(=O)N2CCCC[C@H]2c2nc(-c3ccccc3)no2)c1C. The van der Waals surface area contributed by atoms with E-state index in [2.05, 4.69) is 15.5 Å². The fraction of sp³-hybridized carbons (Fsp3) is 0.318. The third-order valence-electron chi connectivity index (χ3n) is 5.37. The third-order valence-corrected chi connectivity index (χ3v) is 5.37. The van der Waals surface area contributed by atoms with Gasteiger partial charge in [-0.05, 0) is 50.3 Å². The Morgan fingerprint density at radius 2 is 1.93 bits per heavy atom. The highest BCUT2D eigenvalue weighted by molar-refractivity contribution is 5.90. The minimum Gasteiger partial charge on any atom is -0.337 e. The number of piperidine rings is 1. The van der Waals surface area contributed by atoms with Crippen molar-refractivity contribution in [2.75, 3.05) is 11.9 Å². The molecule has 0 spiro atoms. The van der Waals surface area contributed by atoms with Crippen LogP contribution in [0.1, 0.15) is 42.3 Å². The number of amides is 2. The van der Waals surface area contributed by atoms with Gasteiger partial charge in [0.2, 0.25) is 11.7 Å². The zero-order chi connectivity index (χ0) is 19.5. The van der Waals surface area contributed by atoms with Crippen LogP contribution >= 0.6 is 0 Å². The third kappa shape index (κ3) is 3.63. The average Bonchev–Trinajstić information content (AvgIpc) is 3.22. The number of likely N-dealkylation sites (tertiary alicyclic amines) is 1. The monoisotopic (exact) mass is 376 g/mol. The van der Waals surface area contributed by atoms with Crippen molar-refractivity contribution in [2.24, 2.45) is 0 Å². The summed E-state index contributed by atoms with van der Waals surface area (Å²) < 4.78 is 5.55. The molecule has 2 amide bonds. The van der Waals surface area contributed by atoms with Gasteiger partial charge in [-0.25, -0.2) is 4.79 Å². The topological polar surface area (TPSA) is 71.3 Å².